The van der Waals surface area contributed by atoms with Crippen LogP contribution in [0.5, 0.6) is 0 Å². The Morgan fingerprint density at radius 3 is 2.42 bits per heavy atom. The third-order valence-corrected chi connectivity index (χ3v) is 4.53. The summed E-state index contributed by atoms with van der Waals surface area (Å²) in [7, 11) is 0. The number of hydrogen-bond acceptors (Lipinski definition) is 0. The fourth-order valence-electron chi connectivity index (χ4n) is 3.45. The van der Waals surface area contributed by atoms with Gasteiger partial charge in [0.15, 0.2) is 0 Å². The van der Waals surface area contributed by atoms with Crippen molar-refractivity contribution in [2.75, 3.05) is 0 Å². The summed E-state index contributed by atoms with van der Waals surface area (Å²) >= 11 is 0. The maximum atomic E-state index is 2.49. The number of hydrogen-bond donors (Lipinski definition) is 0. The van der Waals surface area contributed by atoms with Crippen LogP contribution < -0.4 is 0 Å². The van der Waals surface area contributed by atoms with Gasteiger partial charge in [0, 0.05) is 0 Å². The minimum Gasteiger partial charge on any atom is -0.0622 e. The molecule has 1 unspecified atom stereocenters. The Bertz CT molecular complexity index is 148. The molecule has 0 aromatic heterocycles. The van der Waals surface area contributed by atoms with Crippen LogP contribution in [0.1, 0.15) is 52.4 Å². The van der Waals surface area contributed by atoms with Crippen LogP contribution in [0.2, 0.25) is 0 Å². The topological polar surface area (TPSA) is 0 Å². The highest BCUT2D eigenvalue weighted by Crippen LogP contribution is 2.45. The van der Waals surface area contributed by atoms with Crippen molar-refractivity contribution in [3.05, 3.63) is 0 Å². The van der Waals surface area contributed by atoms with Crippen molar-refractivity contribution in [3.8, 4) is 0 Å². The smallest absolute Gasteiger partial charge is 0.0358 e. The van der Waals surface area contributed by atoms with Crippen molar-refractivity contribution in [1.82, 2.24) is 0 Å². The van der Waals surface area contributed by atoms with Crippen LogP contribution in [-0.4, -0.2) is 0 Å². The van der Waals surface area contributed by atoms with E-state index in [0.29, 0.717) is 0 Å². The highest BCUT2D eigenvalue weighted by atomic mass is 14.4. The fraction of sp³-hybridized carbons (Fsp3) is 1.00. The molecule has 70 valence electrons. The van der Waals surface area contributed by atoms with Crippen LogP contribution in [0.3, 0.4) is 0 Å². The summed E-state index contributed by atoms with van der Waals surface area (Å²) in [6.07, 6.45) is 9.15. The van der Waals surface area contributed by atoms with Gasteiger partial charge in [-0.1, -0.05) is 39.5 Å². The molecule has 2 saturated carbocycles. The van der Waals surface area contributed by atoms with Crippen LogP contribution in [-0.2, 0) is 0 Å². The Balaban J connectivity index is 2.03. The molecule has 2 aliphatic carbocycles. The van der Waals surface area contributed by atoms with E-state index < -0.39 is 0 Å². The molecule has 0 N–H and O–H groups in total. The van der Waals surface area contributed by atoms with Gasteiger partial charge >= 0.3 is 0 Å². The van der Waals surface area contributed by atoms with Gasteiger partial charge in [-0.25, -0.2) is 0 Å². The molecule has 0 heteroatoms. The number of rotatable bonds is 0. The van der Waals surface area contributed by atoms with Gasteiger partial charge in [-0.2, -0.15) is 0 Å². The average molecular weight is 166 g/mol. The lowest BCUT2D eigenvalue weighted by Gasteiger charge is -2.43. The van der Waals surface area contributed by atoms with Gasteiger partial charge in [-0.15, -0.1) is 0 Å². The van der Waals surface area contributed by atoms with Crippen molar-refractivity contribution in [1.29, 1.82) is 0 Å². The zero-order valence-corrected chi connectivity index (χ0v) is 8.55. The van der Waals surface area contributed by atoms with Crippen LogP contribution in [0.25, 0.3) is 0 Å². The molecule has 0 aromatic carbocycles. The standard InChI is InChI=1S/C12H22/c1-9-7-8-11-5-3-4-6-12(11)10(9)2/h9-12H,3-8H2,1-2H3/t9-,10-,11+,12?/m0/s1. The quantitative estimate of drug-likeness (QED) is 0.512. The Morgan fingerprint density at radius 1 is 0.833 bits per heavy atom. The molecule has 0 nitrogen and oxygen atoms in total. The second-order valence-corrected chi connectivity index (χ2v) is 5.12. The lowest BCUT2D eigenvalue weighted by Crippen LogP contribution is -2.33. The Morgan fingerprint density at radius 2 is 1.58 bits per heavy atom. The predicted octanol–water partition coefficient (Wildman–Crippen LogP) is 3.86. The molecule has 0 aliphatic heterocycles. The summed E-state index contributed by atoms with van der Waals surface area (Å²) in [6, 6.07) is 0. The van der Waals surface area contributed by atoms with E-state index in [9.17, 15) is 0 Å². The van der Waals surface area contributed by atoms with Crippen LogP contribution in [0, 0.1) is 23.7 Å². The van der Waals surface area contributed by atoms with E-state index in [1.165, 1.54) is 32.1 Å². The Labute approximate surface area is 76.7 Å². The highest BCUT2D eigenvalue weighted by molar-refractivity contribution is 4.85. The first kappa shape index (κ1) is 8.59. The van der Waals surface area contributed by atoms with Crippen LogP contribution in [0.15, 0.2) is 0 Å². The Hall–Kier alpha value is 0. The molecule has 0 amide bonds. The van der Waals surface area contributed by atoms with Crippen molar-refractivity contribution in [3.63, 3.8) is 0 Å². The zero-order chi connectivity index (χ0) is 8.55. The predicted molar refractivity (Wildman–Crippen MR) is 53.0 cm³/mol. The van der Waals surface area contributed by atoms with Crippen molar-refractivity contribution >= 4 is 0 Å². The second kappa shape index (κ2) is 3.40. The molecule has 12 heavy (non-hydrogen) atoms. The van der Waals surface area contributed by atoms with Gasteiger partial charge in [0.1, 0.15) is 0 Å². The van der Waals surface area contributed by atoms with E-state index in [1.54, 1.807) is 6.42 Å². The molecule has 2 rings (SSSR count). The summed E-state index contributed by atoms with van der Waals surface area (Å²) in [5.41, 5.74) is 0. The largest absolute Gasteiger partial charge is 0.0622 e. The summed E-state index contributed by atoms with van der Waals surface area (Å²) in [4.78, 5) is 0. The van der Waals surface area contributed by atoms with Crippen molar-refractivity contribution in [2.24, 2.45) is 23.7 Å². The lowest BCUT2D eigenvalue weighted by atomic mass is 9.63. The molecule has 2 fully saturated rings. The molecule has 4 atom stereocenters. The van der Waals surface area contributed by atoms with Crippen LogP contribution in [0.4, 0.5) is 0 Å². The monoisotopic (exact) mass is 166 g/mol. The fourth-order valence-corrected chi connectivity index (χ4v) is 3.45. The molecule has 0 radical (unpaired) electrons. The van der Waals surface area contributed by atoms with E-state index in [4.69, 9.17) is 0 Å². The first-order chi connectivity index (χ1) is 5.79. The molecule has 0 bridgehead atoms. The summed E-state index contributed by atoms with van der Waals surface area (Å²) in [5.74, 6) is 4.24. The minimum atomic E-state index is 1.00. The number of fused-ring (bicyclic) bond motifs is 1. The molecule has 2 aliphatic rings. The van der Waals surface area contributed by atoms with Gasteiger partial charge in [0.25, 0.3) is 0 Å². The second-order valence-electron chi connectivity index (χ2n) is 5.12. The zero-order valence-electron chi connectivity index (χ0n) is 8.55. The highest BCUT2D eigenvalue weighted by Gasteiger charge is 2.35. The maximum absolute atomic E-state index is 2.49. The van der Waals surface area contributed by atoms with Gasteiger partial charge in [-0.05, 0) is 36.5 Å². The minimum absolute atomic E-state index is 1.00. The van der Waals surface area contributed by atoms with Gasteiger partial charge in [-0.3, -0.25) is 0 Å². The van der Waals surface area contributed by atoms with E-state index in [-0.39, 0.29) is 0 Å². The third-order valence-electron chi connectivity index (χ3n) is 4.53. The molecular formula is C12H22. The van der Waals surface area contributed by atoms with E-state index >= 15 is 0 Å². The summed E-state index contributed by atoms with van der Waals surface area (Å²) in [6.45, 7) is 4.95. The van der Waals surface area contributed by atoms with E-state index in [0.717, 1.165) is 23.7 Å². The van der Waals surface area contributed by atoms with Crippen molar-refractivity contribution in [2.45, 2.75) is 52.4 Å². The first-order valence-electron chi connectivity index (χ1n) is 5.79. The van der Waals surface area contributed by atoms with Crippen LogP contribution >= 0.6 is 0 Å². The SMILES string of the molecule is C[C@@H]1C2CCCC[C@@H]2CC[C@@H]1C. The molecule has 0 heterocycles. The molecular weight excluding hydrogens is 144 g/mol. The van der Waals surface area contributed by atoms with E-state index in [2.05, 4.69) is 13.8 Å². The third kappa shape index (κ3) is 1.41. The van der Waals surface area contributed by atoms with E-state index in [1.807, 2.05) is 0 Å². The molecule has 0 spiro atoms. The lowest BCUT2D eigenvalue weighted by molar-refractivity contribution is 0.0734. The molecule has 0 saturated heterocycles. The van der Waals surface area contributed by atoms with Gasteiger partial charge < -0.3 is 0 Å². The van der Waals surface area contributed by atoms with Crippen molar-refractivity contribution < 1.29 is 0 Å². The maximum Gasteiger partial charge on any atom is -0.0358 e. The van der Waals surface area contributed by atoms with Gasteiger partial charge in [0.05, 0.1) is 0 Å². The summed E-state index contributed by atoms with van der Waals surface area (Å²) < 4.78 is 0. The van der Waals surface area contributed by atoms with Gasteiger partial charge in [0.2, 0.25) is 0 Å². The Kier molecular flexibility index (Phi) is 2.43. The first-order valence-corrected chi connectivity index (χ1v) is 5.79. The summed E-state index contributed by atoms with van der Waals surface area (Å²) in [5, 5.41) is 0. The molecule has 0 aromatic rings. The normalized spacial score (nSPS) is 48.5. The average Bonchev–Trinajstić information content (AvgIpc) is 2.12.